The number of rotatable bonds is 4. The molecule has 32 heavy (non-hydrogen) atoms. The maximum absolute atomic E-state index is 14.3. The maximum Gasteiger partial charge on any atom is 0.416 e. The third-order valence-electron chi connectivity index (χ3n) is 4.82. The molecule has 1 aliphatic rings. The van der Waals surface area contributed by atoms with Crippen LogP contribution in [0.1, 0.15) is 5.56 Å². The highest BCUT2D eigenvalue weighted by Crippen LogP contribution is 2.36. The lowest BCUT2D eigenvalue weighted by molar-refractivity contribution is -0.137. The zero-order chi connectivity index (χ0) is 23.0. The van der Waals surface area contributed by atoms with Crippen LogP contribution in [0.25, 0.3) is 6.20 Å². The van der Waals surface area contributed by atoms with E-state index < -0.39 is 29.3 Å². The summed E-state index contributed by atoms with van der Waals surface area (Å²) < 4.78 is 59.0. The number of carbonyl (C=O) groups is 1. The van der Waals surface area contributed by atoms with Gasteiger partial charge in [-0.15, -0.1) is 0 Å². The monoisotopic (exact) mass is 447 g/mol. The first kappa shape index (κ1) is 21.2. The van der Waals surface area contributed by atoms with Crippen LogP contribution < -0.4 is 31.6 Å². The van der Waals surface area contributed by atoms with Gasteiger partial charge in [0.2, 0.25) is 5.55 Å². The molecule has 2 amide bonds. The van der Waals surface area contributed by atoms with Crippen LogP contribution in [-0.2, 0) is 6.18 Å². The van der Waals surface area contributed by atoms with E-state index in [2.05, 4.69) is 10.3 Å². The van der Waals surface area contributed by atoms with Crippen molar-refractivity contribution < 1.29 is 26.8 Å². The Morgan fingerprint density at radius 1 is 1.19 bits per heavy atom. The van der Waals surface area contributed by atoms with Gasteiger partial charge in [0, 0.05) is 25.0 Å². The van der Waals surface area contributed by atoms with E-state index in [4.69, 9.17) is 10.2 Å². The quantitative estimate of drug-likeness (QED) is 0.599. The van der Waals surface area contributed by atoms with Crippen molar-refractivity contribution in [1.82, 2.24) is 0 Å². The van der Waals surface area contributed by atoms with Gasteiger partial charge in [-0.2, -0.15) is 13.2 Å². The van der Waals surface area contributed by atoms with Crippen LogP contribution in [0.4, 0.5) is 45.3 Å². The van der Waals surface area contributed by atoms with Crippen LogP contribution in [0.15, 0.2) is 57.9 Å². The van der Waals surface area contributed by atoms with Gasteiger partial charge in [-0.25, -0.2) is 14.2 Å². The van der Waals surface area contributed by atoms with E-state index >= 15 is 0 Å². The van der Waals surface area contributed by atoms with Gasteiger partial charge >= 0.3 is 12.2 Å². The van der Waals surface area contributed by atoms with Crippen LogP contribution >= 0.6 is 0 Å². The molecule has 0 radical (unpaired) electrons. The standard InChI is InChI=1S/C21H17F4N5O2/c1-27-18-8-12-10-29(11-28-19(12)32-18)14-3-5-15(6-4-14)30(20(26)31)17-9-13(21(23,24)25)2-7-16(17)22/h2-10,27H,11H2,1H3,(H2,26,31). The number of carbonyl (C=O) groups excluding carboxylic acids is 1. The number of hydrogen-bond donors (Lipinski definition) is 2. The number of urea groups is 1. The largest absolute Gasteiger partial charge is 0.423 e. The minimum atomic E-state index is -4.71. The van der Waals surface area contributed by atoms with Crippen molar-refractivity contribution in [3.05, 3.63) is 70.7 Å². The first-order valence-corrected chi connectivity index (χ1v) is 9.34. The fourth-order valence-corrected chi connectivity index (χ4v) is 3.28. The van der Waals surface area contributed by atoms with Gasteiger partial charge < -0.3 is 20.4 Å². The normalized spacial score (nSPS) is 13.1. The van der Waals surface area contributed by atoms with Crippen molar-refractivity contribution in [3.63, 3.8) is 0 Å². The number of alkyl halides is 3. The second-order valence-electron chi connectivity index (χ2n) is 6.87. The average Bonchev–Trinajstić information content (AvgIpc) is 3.17. The lowest BCUT2D eigenvalue weighted by Crippen LogP contribution is -2.33. The summed E-state index contributed by atoms with van der Waals surface area (Å²) in [6, 6.07) is 8.59. The van der Waals surface area contributed by atoms with Crippen LogP contribution in [0.2, 0.25) is 0 Å². The molecule has 7 nitrogen and oxygen atoms in total. The number of nitrogens with one attached hydrogen (secondary N) is 1. The van der Waals surface area contributed by atoms with E-state index in [-0.39, 0.29) is 12.4 Å². The van der Waals surface area contributed by atoms with E-state index in [1.165, 1.54) is 12.1 Å². The Morgan fingerprint density at radius 2 is 1.91 bits per heavy atom. The van der Waals surface area contributed by atoms with Crippen LogP contribution in [-0.4, -0.2) is 19.7 Å². The summed E-state index contributed by atoms with van der Waals surface area (Å²) in [5.74, 6) is -0.454. The molecule has 3 N–H and O–H groups in total. The Balaban J connectivity index is 1.67. The van der Waals surface area contributed by atoms with Crippen molar-refractivity contribution >= 4 is 35.2 Å². The smallest absolute Gasteiger partial charge is 0.416 e. The maximum atomic E-state index is 14.3. The predicted molar refractivity (Wildman–Crippen MR) is 110 cm³/mol. The summed E-state index contributed by atoms with van der Waals surface area (Å²) >= 11 is 0. The molecule has 0 spiro atoms. The number of fused-ring (bicyclic) bond motifs is 1. The Kier molecular flexibility index (Phi) is 5.25. The Labute approximate surface area is 179 Å². The van der Waals surface area contributed by atoms with Gasteiger partial charge in [0.1, 0.15) is 12.5 Å². The molecule has 0 unspecified atom stereocenters. The number of primary amides is 1. The summed E-state index contributed by atoms with van der Waals surface area (Å²) in [5, 5.41) is 3.65. The molecule has 0 aliphatic carbocycles. The van der Waals surface area contributed by atoms with Gasteiger partial charge in [-0.3, -0.25) is 4.90 Å². The Morgan fingerprint density at radius 3 is 2.53 bits per heavy atom. The molecule has 3 aromatic rings. The molecular weight excluding hydrogens is 430 g/mol. The molecule has 2 heterocycles. The molecule has 0 atom stereocenters. The van der Waals surface area contributed by atoms with Crippen LogP contribution in [0, 0.1) is 5.82 Å². The molecule has 0 saturated heterocycles. The summed E-state index contributed by atoms with van der Waals surface area (Å²) in [6.07, 6.45) is -2.89. The number of nitrogens with zero attached hydrogens (tertiary/aromatic N) is 3. The first-order valence-electron chi connectivity index (χ1n) is 9.34. The lowest BCUT2D eigenvalue weighted by Gasteiger charge is -2.24. The SMILES string of the molecule is CNc1cc2c(o1)=NCN(c1ccc(N(C(N)=O)c3cc(C(F)(F)F)ccc3F)cc1)C=2. The Bertz CT molecular complexity index is 1280. The van der Waals surface area contributed by atoms with E-state index in [9.17, 15) is 22.4 Å². The zero-order valence-electron chi connectivity index (χ0n) is 16.7. The highest BCUT2D eigenvalue weighted by Gasteiger charge is 2.32. The molecule has 1 aromatic heterocycles. The van der Waals surface area contributed by atoms with Gasteiger partial charge in [0.25, 0.3) is 0 Å². The van der Waals surface area contributed by atoms with Gasteiger partial charge in [0.15, 0.2) is 5.88 Å². The summed E-state index contributed by atoms with van der Waals surface area (Å²) in [7, 11) is 1.72. The molecular formula is C21H17F4N5O2. The van der Waals surface area contributed by atoms with Crippen molar-refractivity contribution in [2.45, 2.75) is 6.18 Å². The van der Waals surface area contributed by atoms with Crippen molar-refractivity contribution in [3.8, 4) is 0 Å². The summed E-state index contributed by atoms with van der Waals surface area (Å²) in [5.41, 5.74) is 4.95. The third kappa shape index (κ3) is 3.96. The van der Waals surface area contributed by atoms with Crippen molar-refractivity contribution in [2.75, 3.05) is 28.8 Å². The highest BCUT2D eigenvalue weighted by atomic mass is 19.4. The minimum absolute atomic E-state index is 0.106. The topological polar surface area (TPSA) is 87.1 Å². The Hall–Kier alpha value is -4.02. The van der Waals surface area contributed by atoms with E-state index in [1.807, 2.05) is 6.20 Å². The van der Waals surface area contributed by atoms with Crippen molar-refractivity contribution in [1.29, 1.82) is 0 Å². The van der Waals surface area contributed by atoms with Crippen LogP contribution in [0.5, 0.6) is 0 Å². The second kappa shape index (κ2) is 7.91. The minimum Gasteiger partial charge on any atom is -0.423 e. The van der Waals surface area contributed by atoms with E-state index in [1.54, 1.807) is 30.1 Å². The summed E-state index contributed by atoms with van der Waals surface area (Å²) in [6.45, 7) is 0.269. The van der Waals surface area contributed by atoms with Gasteiger partial charge in [-0.05, 0) is 42.5 Å². The number of nitrogens with two attached hydrogens (primary N) is 1. The number of amides is 2. The number of hydrogen-bond acceptors (Lipinski definition) is 5. The third-order valence-corrected chi connectivity index (χ3v) is 4.82. The number of anilines is 4. The van der Waals surface area contributed by atoms with Crippen LogP contribution in [0.3, 0.4) is 0 Å². The molecule has 0 fully saturated rings. The summed E-state index contributed by atoms with van der Waals surface area (Å²) in [4.78, 5) is 18.9. The van der Waals surface area contributed by atoms with E-state index in [0.29, 0.717) is 40.2 Å². The van der Waals surface area contributed by atoms with Crippen molar-refractivity contribution in [2.24, 2.45) is 10.7 Å². The molecule has 166 valence electrons. The number of halogens is 4. The molecule has 2 aromatic carbocycles. The number of furan rings is 1. The predicted octanol–water partition coefficient (Wildman–Crippen LogP) is 3.53. The lowest BCUT2D eigenvalue weighted by atomic mass is 10.1. The fourth-order valence-electron chi connectivity index (χ4n) is 3.28. The average molecular weight is 447 g/mol. The molecule has 4 rings (SSSR count). The number of benzene rings is 2. The molecule has 1 aliphatic heterocycles. The highest BCUT2D eigenvalue weighted by molar-refractivity contribution is 5.98. The fraction of sp³-hybridized carbons (Fsp3) is 0.143. The first-order chi connectivity index (χ1) is 15.2. The molecule has 11 heteroatoms. The van der Waals surface area contributed by atoms with Gasteiger partial charge in [0.05, 0.1) is 22.2 Å². The van der Waals surface area contributed by atoms with Gasteiger partial charge in [-0.1, -0.05) is 0 Å². The zero-order valence-corrected chi connectivity index (χ0v) is 16.7. The molecule has 0 saturated carbocycles. The van der Waals surface area contributed by atoms with E-state index in [0.717, 1.165) is 5.22 Å². The second-order valence-corrected chi connectivity index (χ2v) is 6.87. The molecule has 0 bridgehead atoms.